The van der Waals surface area contributed by atoms with Gasteiger partial charge in [0.05, 0.1) is 12.8 Å². The molecule has 0 saturated heterocycles. The minimum Gasteiger partial charge on any atom is -0.496 e. The summed E-state index contributed by atoms with van der Waals surface area (Å²) < 4.78 is 20.0. The topological polar surface area (TPSA) is 70.1 Å². The number of carbonyl (C=O) groups excluding carboxylic acids is 1. The number of ether oxygens (including phenoxy) is 1. The molecule has 5 nitrogen and oxygen atoms in total. The Morgan fingerprint density at radius 1 is 1.45 bits per heavy atom. The molecule has 2 N–H and O–H groups in total. The second-order valence-electron chi connectivity index (χ2n) is 4.51. The van der Waals surface area contributed by atoms with Gasteiger partial charge in [-0.25, -0.2) is 4.39 Å². The first-order valence-corrected chi connectivity index (χ1v) is 6.10. The zero-order chi connectivity index (χ0) is 14.9. The third-order valence-corrected chi connectivity index (χ3v) is 3.12. The molecule has 0 fully saturated rings. The lowest BCUT2D eigenvalue weighted by Gasteiger charge is -2.09. The van der Waals surface area contributed by atoms with E-state index >= 15 is 0 Å². The van der Waals surface area contributed by atoms with Crippen LogP contribution in [0.4, 0.5) is 4.39 Å². The SMILES string of the molecule is COc1cc(F)ccc1-c1c(C)nn(CC(N)=O)c1C. The number of carbonyl (C=O) groups is 1. The van der Waals surface area contributed by atoms with E-state index in [1.54, 1.807) is 6.07 Å². The van der Waals surface area contributed by atoms with Gasteiger partial charge in [0.25, 0.3) is 0 Å². The Bertz CT molecular complexity index is 665. The monoisotopic (exact) mass is 277 g/mol. The summed E-state index contributed by atoms with van der Waals surface area (Å²) in [5.41, 5.74) is 8.27. The molecule has 0 unspecified atom stereocenters. The van der Waals surface area contributed by atoms with Crippen molar-refractivity contribution in [3.05, 3.63) is 35.4 Å². The summed E-state index contributed by atoms with van der Waals surface area (Å²) in [5.74, 6) is -0.409. The molecule has 1 aromatic heterocycles. The van der Waals surface area contributed by atoms with E-state index < -0.39 is 5.91 Å². The molecule has 2 rings (SSSR count). The number of halogens is 1. The molecule has 2 aromatic rings. The van der Waals surface area contributed by atoms with Gasteiger partial charge in [-0.3, -0.25) is 9.48 Å². The Kier molecular flexibility index (Phi) is 3.74. The first-order valence-electron chi connectivity index (χ1n) is 6.10. The van der Waals surface area contributed by atoms with Crippen molar-refractivity contribution >= 4 is 5.91 Å². The quantitative estimate of drug-likeness (QED) is 0.926. The number of aryl methyl sites for hydroxylation is 1. The van der Waals surface area contributed by atoms with E-state index in [0.29, 0.717) is 5.75 Å². The predicted octanol–water partition coefficient (Wildman–Crippen LogP) is 1.80. The average Bonchev–Trinajstić information content (AvgIpc) is 2.64. The number of hydrogen-bond acceptors (Lipinski definition) is 3. The van der Waals surface area contributed by atoms with Crippen LogP contribution >= 0.6 is 0 Å². The number of nitrogens with zero attached hydrogens (tertiary/aromatic N) is 2. The Morgan fingerprint density at radius 2 is 2.15 bits per heavy atom. The third-order valence-electron chi connectivity index (χ3n) is 3.12. The summed E-state index contributed by atoms with van der Waals surface area (Å²) in [4.78, 5) is 11.0. The third kappa shape index (κ3) is 2.49. The summed E-state index contributed by atoms with van der Waals surface area (Å²) in [5, 5.41) is 4.29. The summed E-state index contributed by atoms with van der Waals surface area (Å²) in [6.07, 6.45) is 0. The Balaban J connectivity index is 2.58. The van der Waals surface area contributed by atoms with E-state index in [9.17, 15) is 9.18 Å². The van der Waals surface area contributed by atoms with Crippen molar-refractivity contribution in [3.63, 3.8) is 0 Å². The Morgan fingerprint density at radius 3 is 2.75 bits per heavy atom. The molecule has 0 aliphatic rings. The van der Waals surface area contributed by atoms with Crippen LogP contribution in [0.25, 0.3) is 11.1 Å². The first-order chi connectivity index (χ1) is 9.43. The number of primary amides is 1. The van der Waals surface area contributed by atoms with Crippen LogP contribution in [-0.2, 0) is 11.3 Å². The number of aromatic nitrogens is 2. The molecule has 0 aliphatic carbocycles. The highest BCUT2D eigenvalue weighted by atomic mass is 19.1. The zero-order valence-corrected chi connectivity index (χ0v) is 11.6. The van der Waals surface area contributed by atoms with Gasteiger partial charge in [0.15, 0.2) is 0 Å². The molecule has 1 heterocycles. The largest absolute Gasteiger partial charge is 0.496 e. The van der Waals surface area contributed by atoms with Gasteiger partial charge in [0.2, 0.25) is 5.91 Å². The van der Waals surface area contributed by atoms with Gasteiger partial charge in [-0.05, 0) is 26.0 Å². The fraction of sp³-hybridized carbons (Fsp3) is 0.286. The van der Waals surface area contributed by atoms with Gasteiger partial charge in [-0.15, -0.1) is 0 Å². The summed E-state index contributed by atoms with van der Waals surface area (Å²) in [7, 11) is 1.48. The summed E-state index contributed by atoms with van der Waals surface area (Å²) in [6, 6.07) is 4.32. The van der Waals surface area contributed by atoms with E-state index in [1.165, 1.54) is 23.9 Å². The predicted molar refractivity (Wildman–Crippen MR) is 72.8 cm³/mol. The molecule has 20 heavy (non-hydrogen) atoms. The van der Waals surface area contributed by atoms with E-state index in [2.05, 4.69) is 5.10 Å². The highest BCUT2D eigenvalue weighted by Gasteiger charge is 2.18. The van der Waals surface area contributed by atoms with Gasteiger partial charge < -0.3 is 10.5 Å². The molecule has 0 bridgehead atoms. The number of amides is 1. The van der Waals surface area contributed by atoms with Crippen LogP contribution < -0.4 is 10.5 Å². The second kappa shape index (κ2) is 5.32. The van der Waals surface area contributed by atoms with E-state index in [0.717, 1.165) is 22.5 Å². The van der Waals surface area contributed by atoms with Crippen LogP contribution in [0.15, 0.2) is 18.2 Å². The number of methoxy groups -OCH3 is 1. The minimum atomic E-state index is -0.465. The summed E-state index contributed by atoms with van der Waals surface area (Å²) >= 11 is 0. The van der Waals surface area contributed by atoms with Gasteiger partial charge in [-0.2, -0.15) is 5.10 Å². The molecular formula is C14H16FN3O2. The van der Waals surface area contributed by atoms with E-state index in [4.69, 9.17) is 10.5 Å². The van der Waals surface area contributed by atoms with Gasteiger partial charge in [0, 0.05) is 22.9 Å². The molecule has 106 valence electrons. The number of rotatable bonds is 4. The summed E-state index contributed by atoms with van der Waals surface area (Å²) in [6.45, 7) is 3.67. The lowest BCUT2D eigenvalue weighted by molar-refractivity contribution is -0.118. The lowest BCUT2D eigenvalue weighted by Crippen LogP contribution is -2.20. The van der Waals surface area contributed by atoms with Crippen LogP contribution in [0.3, 0.4) is 0 Å². The fourth-order valence-electron chi connectivity index (χ4n) is 2.26. The molecule has 0 atom stereocenters. The molecule has 6 heteroatoms. The maximum absolute atomic E-state index is 13.3. The maximum Gasteiger partial charge on any atom is 0.239 e. The van der Waals surface area contributed by atoms with Gasteiger partial charge in [-0.1, -0.05) is 0 Å². The average molecular weight is 277 g/mol. The van der Waals surface area contributed by atoms with Crippen molar-refractivity contribution in [1.29, 1.82) is 0 Å². The fourth-order valence-corrected chi connectivity index (χ4v) is 2.26. The minimum absolute atomic E-state index is 0.0101. The van der Waals surface area contributed by atoms with Crippen molar-refractivity contribution in [3.8, 4) is 16.9 Å². The Hall–Kier alpha value is -2.37. The molecule has 0 aliphatic heterocycles. The van der Waals surface area contributed by atoms with Crippen LogP contribution in [0.1, 0.15) is 11.4 Å². The number of nitrogens with two attached hydrogens (primary N) is 1. The van der Waals surface area contributed by atoms with E-state index in [-0.39, 0.29) is 12.4 Å². The van der Waals surface area contributed by atoms with Crippen LogP contribution in [0.5, 0.6) is 5.75 Å². The molecular weight excluding hydrogens is 261 g/mol. The lowest BCUT2D eigenvalue weighted by atomic mass is 10.0. The van der Waals surface area contributed by atoms with Crippen molar-refractivity contribution in [2.24, 2.45) is 5.73 Å². The van der Waals surface area contributed by atoms with Crippen molar-refractivity contribution in [1.82, 2.24) is 9.78 Å². The molecule has 0 radical (unpaired) electrons. The van der Waals surface area contributed by atoms with Crippen LogP contribution in [0, 0.1) is 19.7 Å². The number of hydrogen-bond donors (Lipinski definition) is 1. The highest BCUT2D eigenvalue weighted by Crippen LogP contribution is 2.34. The molecule has 1 amide bonds. The van der Waals surface area contributed by atoms with Gasteiger partial charge in [0.1, 0.15) is 18.1 Å². The smallest absolute Gasteiger partial charge is 0.239 e. The maximum atomic E-state index is 13.3. The molecule has 0 saturated carbocycles. The van der Waals surface area contributed by atoms with E-state index in [1.807, 2.05) is 13.8 Å². The van der Waals surface area contributed by atoms with Gasteiger partial charge >= 0.3 is 0 Å². The highest BCUT2D eigenvalue weighted by molar-refractivity contribution is 5.76. The van der Waals surface area contributed by atoms with Crippen LogP contribution in [0.2, 0.25) is 0 Å². The van der Waals surface area contributed by atoms with Crippen LogP contribution in [-0.4, -0.2) is 22.8 Å². The second-order valence-corrected chi connectivity index (χ2v) is 4.51. The zero-order valence-electron chi connectivity index (χ0n) is 11.6. The normalized spacial score (nSPS) is 10.6. The van der Waals surface area contributed by atoms with Crippen molar-refractivity contribution in [2.75, 3.05) is 7.11 Å². The Labute approximate surface area is 116 Å². The van der Waals surface area contributed by atoms with Crippen molar-refractivity contribution < 1.29 is 13.9 Å². The standard InChI is InChI=1S/C14H16FN3O2/c1-8-14(9(2)18(17-8)7-13(16)19)11-5-4-10(15)6-12(11)20-3/h4-6H,7H2,1-3H3,(H2,16,19). The molecule has 1 aromatic carbocycles. The van der Waals surface area contributed by atoms with Crippen molar-refractivity contribution in [2.45, 2.75) is 20.4 Å². The number of benzene rings is 1. The first kappa shape index (κ1) is 14.0. The molecule has 0 spiro atoms.